The maximum atomic E-state index is 12.0. The van der Waals surface area contributed by atoms with Crippen LogP contribution >= 0.6 is 11.3 Å². The molecule has 2 heterocycles. The highest BCUT2D eigenvalue weighted by atomic mass is 32.1. The lowest BCUT2D eigenvalue weighted by atomic mass is 10.1. The van der Waals surface area contributed by atoms with Gasteiger partial charge in [0.25, 0.3) is 0 Å². The van der Waals surface area contributed by atoms with Gasteiger partial charge in [0, 0.05) is 12.6 Å². The first-order chi connectivity index (χ1) is 11.8. The molecule has 0 spiro atoms. The quantitative estimate of drug-likeness (QED) is 0.715. The number of methoxy groups -OCH3 is 1. The van der Waals surface area contributed by atoms with Crippen molar-refractivity contribution in [2.75, 3.05) is 13.7 Å². The molecule has 0 atom stereocenters. The summed E-state index contributed by atoms with van der Waals surface area (Å²) in [4.78, 5) is 13.0. The van der Waals surface area contributed by atoms with Crippen LogP contribution in [0.2, 0.25) is 0 Å². The molecular formula is C18H18N2O3S. The summed E-state index contributed by atoms with van der Waals surface area (Å²) in [5.74, 6) is 1.46. The van der Waals surface area contributed by atoms with E-state index in [0.717, 1.165) is 22.6 Å². The molecule has 3 rings (SSSR count). The van der Waals surface area contributed by atoms with Crippen LogP contribution < -0.4 is 10.1 Å². The maximum Gasteiger partial charge on any atom is 0.226 e. The van der Waals surface area contributed by atoms with Gasteiger partial charge in [0.2, 0.25) is 5.91 Å². The number of benzene rings is 1. The van der Waals surface area contributed by atoms with Gasteiger partial charge in [-0.15, -0.1) is 11.3 Å². The van der Waals surface area contributed by atoms with E-state index in [1.54, 1.807) is 18.4 Å². The second-order valence-corrected chi connectivity index (χ2v) is 6.20. The van der Waals surface area contributed by atoms with Crippen molar-refractivity contribution in [1.82, 2.24) is 10.5 Å². The molecule has 0 radical (unpaired) electrons. The van der Waals surface area contributed by atoms with Crippen LogP contribution in [0.25, 0.3) is 10.6 Å². The molecule has 3 aromatic rings. The van der Waals surface area contributed by atoms with E-state index in [4.69, 9.17) is 9.26 Å². The summed E-state index contributed by atoms with van der Waals surface area (Å²) in [6.07, 6.45) is 0.926. The second-order valence-electron chi connectivity index (χ2n) is 5.25. The zero-order valence-electron chi connectivity index (χ0n) is 13.3. The summed E-state index contributed by atoms with van der Waals surface area (Å²) in [5.41, 5.74) is 1.70. The molecule has 1 N–H and O–H groups in total. The van der Waals surface area contributed by atoms with Crippen LogP contribution in [0.15, 0.2) is 52.4 Å². The molecule has 24 heavy (non-hydrogen) atoms. The Morgan fingerprint density at radius 2 is 2.17 bits per heavy atom. The van der Waals surface area contributed by atoms with Crippen LogP contribution in [0.1, 0.15) is 11.3 Å². The molecule has 0 saturated carbocycles. The van der Waals surface area contributed by atoms with Gasteiger partial charge >= 0.3 is 0 Å². The smallest absolute Gasteiger partial charge is 0.226 e. The summed E-state index contributed by atoms with van der Waals surface area (Å²) in [5, 5.41) is 8.83. The lowest BCUT2D eigenvalue weighted by molar-refractivity contribution is -0.120. The third kappa shape index (κ3) is 4.02. The normalized spacial score (nSPS) is 10.5. The van der Waals surface area contributed by atoms with E-state index in [1.807, 2.05) is 47.8 Å². The molecule has 6 heteroatoms. The number of nitrogens with zero attached hydrogens (tertiary/aromatic N) is 1. The molecule has 1 amide bonds. The van der Waals surface area contributed by atoms with E-state index in [2.05, 4.69) is 10.5 Å². The number of thiophene rings is 1. The third-order valence-corrected chi connectivity index (χ3v) is 4.46. The van der Waals surface area contributed by atoms with Gasteiger partial charge in [0.1, 0.15) is 5.75 Å². The predicted molar refractivity (Wildman–Crippen MR) is 93.2 cm³/mol. The topological polar surface area (TPSA) is 64.4 Å². The number of ether oxygens (including phenoxy) is 1. The van der Waals surface area contributed by atoms with Crippen molar-refractivity contribution in [3.05, 3.63) is 59.1 Å². The van der Waals surface area contributed by atoms with Crippen LogP contribution in [-0.4, -0.2) is 24.7 Å². The summed E-state index contributed by atoms with van der Waals surface area (Å²) >= 11 is 1.58. The molecule has 124 valence electrons. The van der Waals surface area contributed by atoms with Crippen LogP contribution in [0, 0.1) is 0 Å². The van der Waals surface area contributed by atoms with Gasteiger partial charge in [-0.2, -0.15) is 0 Å². The van der Waals surface area contributed by atoms with E-state index >= 15 is 0 Å². The zero-order chi connectivity index (χ0) is 16.8. The van der Waals surface area contributed by atoms with Crippen molar-refractivity contribution in [2.45, 2.75) is 12.8 Å². The Hall–Kier alpha value is -2.60. The Labute approximate surface area is 144 Å². The molecule has 5 nitrogen and oxygen atoms in total. The predicted octanol–water partition coefficient (Wildman–Crippen LogP) is 3.31. The first-order valence-corrected chi connectivity index (χ1v) is 8.52. The van der Waals surface area contributed by atoms with Gasteiger partial charge in [-0.05, 0) is 29.5 Å². The van der Waals surface area contributed by atoms with Crippen molar-refractivity contribution < 1.29 is 14.1 Å². The lowest BCUT2D eigenvalue weighted by Gasteiger charge is -2.08. The highest BCUT2D eigenvalue weighted by molar-refractivity contribution is 7.13. The van der Waals surface area contributed by atoms with Gasteiger partial charge in [0.05, 0.1) is 24.1 Å². The van der Waals surface area contributed by atoms with E-state index in [9.17, 15) is 4.79 Å². The van der Waals surface area contributed by atoms with Crippen molar-refractivity contribution in [2.24, 2.45) is 0 Å². The standard InChI is InChI=1S/C18H18N2O3S/c1-22-15-6-3-2-5-13(15)8-9-19-18(21)12-14-11-16(23-20-14)17-7-4-10-24-17/h2-7,10-11H,8-9,12H2,1H3,(H,19,21). The third-order valence-electron chi connectivity index (χ3n) is 3.57. The average Bonchev–Trinajstić information content (AvgIpc) is 3.26. The van der Waals surface area contributed by atoms with Crippen LogP contribution in [-0.2, 0) is 17.6 Å². The summed E-state index contributed by atoms with van der Waals surface area (Å²) < 4.78 is 10.6. The molecule has 0 aliphatic carbocycles. The highest BCUT2D eigenvalue weighted by Gasteiger charge is 2.11. The Kier molecular flexibility index (Phi) is 5.28. The minimum absolute atomic E-state index is 0.0732. The fourth-order valence-corrected chi connectivity index (χ4v) is 3.08. The SMILES string of the molecule is COc1ccccc1CCNC(=O)Cc1cc(-c2cccs2)on1. The number of rotatable bonds is 7. The number of nitrogens with one attached hydrogen (secondary N) is 1. The van der Waals surface area contributed by atoms with Crippen LogP contribution in [0.5, 0.6) is 5.75 Å². The molecule has 0 aliphatic rings. The van der Waals surface area contributed by atoms with Crippen molar-refractivity contribution in [3.63, 3.8) is 0 Å². The van der Waals surface area contributed by atoms with Gasteiger partial charge < -0.3 is 14.6 Å². The Bertz CT molecular complexity index is 796. The summed E-state index contributed by atoms with van der Waals surface area (Å²) in [6.45, 7) is 0.550. The first-order valence-electron chi connectivity index (χ1n) is 7.64. The van der Waals surface area contributed by atoms with Crippen molar-refractivity contribution in [3.8, 4) is 16.4 Å². The minimum atomic E-state index is -0.0732. The van der Waals surface area contributed by atoms with Gasteiger partial charge in [-0.1, -0.05) is 29.4 Å². The Morgan fingerprint density at radius 3 is 2.96 bits per heavy atom. The first kappa shape index (κ1) is 16.3. The molecule has 2 aromatic heterocycles. The number of carbonyl (C=O) groups excluding carboxylic acids is 1. The molecule has 0 fully saturated rings. The monoisotopic (exact) mass is 342 g/mol. The van der Waals surface area contributed by atoms with Crippen molar-refractivity contribution in [1.29, 1.82) is 0 Å². The largest absolute Gasteiger partial charge is 0.496 e. The number of hydrogen-bond donors (Lipinski definition) is 1. The number of hydrogen-bond acceptors (Lipinski definition) is 5. The van der Waals surface area contributed by atoms with Gasteiger partial charge in [0.15, 0.2) is 5.76 Å². The van der Waals surface area contributed by atoms with E-state index < -0.39 is 0 Å². The van der Waals surface area contributed by atoms with E-state index in [1.165, 1.54) is 0 Å². The molecule has 0 unspecified atom stereocenters. The minimum Gasteiger partial charge on any atom is -0.496 e. The Balaban J connectivity index is 1.49. The fraction of sp³-hybridized carbons (Fsp3) is 0.222. The van der Waals surface area contributed by atoms with E-state index in [0.29, 0.717) is 18.0 Å². The second kappa shape index (κ2) is 7.79. The summed E-state index contributed by atoms with van der Waals surface area (Å²) in [6, 6.07) is 13.5. The lowest BCUT2D eigenvalue weighted by Crippen LogP contribution is -2.27. The number of para-hydroxylation sites is 1. The molecular weight excluding hydrogens is 324 g/mol. The molecule has 1 aromatic carbocycles. The van der Waals surface area contributed by atoms with Crippen LogP contribution in [0.4, 0.5) is 0 Å². The average molecular weight is 342 g/mol. The number of amides is 1. The van der Waals surface area contributed by atoms with Crippen LogP contribution in [0.3, 0.4) is 0 Å². The number of carbonyl (C=O) groups is 1. The van der Waals surface area contributed by atoms with Crippen molar-refractivity contribution >= 4 is 17.2 Å². The van der Waals surface area contributed by atoms with E-state index in [-0.39, 0.29) is 12.3 Å². The highest BCUT2D eigenvalue weighted by Crippen LogP contribution is 2.25. The summed E-state index contributed by atoms with van der Waals surface area (Å²) in [7, 11) is 1.65. The molecule has 0 saturated heterocycles. The fourth-order valence-electron chi connectivity index (χ4n) is 2.40. The maximum absolute atomic E-state index is 12.0. The number of aromatic nitrogens is 1. The molecule has 0 aliphatic heterocycles. The van der Waals surface area contributed by atoms with Gasteiger partial charge in [-0.25, -0.2) is 0 Å². The Morgan fingerprint density at radius 1 is 1.29 bits per heavy atom. The zero-order valence-corrected chi connectivity index (χ0v) is 14.1. The van der Waals surface area contributed by atoms with Gasteiger partial charge in [-0.3, -0.25) is 4.79 Å². The molecule has 0 bridgehead atoms.